The molecule has 1 fully saturated rings. The molecular weight excluding hydrogens is 216 g/mol. The molecule has 0 radical (unpaired) electrons. The van der Waals surface area contributed by atoms with E-state index in [9.17, 15) is 0 Å². The minimum atomic E-state index is 0.284. The van der Waals surface area contributed by atoms with Crippen LogP contribution in [0.25, 0.3) is 0 Å². The third kappa shape index (κ3) is 4.64. The topological polar surface area (TPSA) is 15.3 Å². The van der Waals surface area contributed by atoms with Gasteiger partial charge in [-0.15, -0.1) is 0 Å². The Hall–Kier alpha value is 0.270. The lowest BCUT2D eigenvalue weighted by Gasteiger charge is -2.45. The molecule has 1 unspecified atom stereocenters. The minimum absolute atomic E-state index is 0.284. The highest BCUT2D eigenvalue weighted by molar-refractivity contribution is 7.98. The second kappa shape index (κ2) is 6.27. The highest BCUT2D eigenvalue weighted by atomic mass is 32.2. The van der Waals surface area contributed by atoms with Crippen molar-refractivity contribution in [3.63, 3.8) is 0 Å². The molecular formula is C13H28N2S. The van der Waals surface area contributed by atoms with Gasteiger partial charge in [-0.25, -0.2) is 0 Å². The molecule has 0 amide bonds. The van der Waals surface area contributed by atoms with Crippen molar-refractivity contribution in [2.75, 3.05) is 31.6 Å². The van der Waals surface area contributed by atoms with Gasteiger partial charge in [0.05, 0.1) is 0 Å². The van der Waals surface area contributed by atoms with Crippen molar-refractivity contribution in [1.29, 1.82) is 0 Å². The third-order valence-electron chi connectivity index (χ3n) is 3.26. The molecule has 1 heterocycles. The smallest absolute Gasteiger partial charge is 0.0252 e. The maximum atomic E-state index is 3.67. The van der Waals surface area contributed by atoms with Gasteiger partial charge in [0.2, 0.25) is 0 Å². The van der Waals surface area contributed by atoms with Crippen LogP contribution in [0, 0.1) is 5.92 Å². The molecule has 0 aromatic heterocycles. The Morgan fingerprint density at radius 2 is 2.12 bits per heavy atom. The summed E-state index contributed by atoms with van der Waals surface area (Å²) in [6.45, 7) is 12.8. The molecule has 0 saturated carbocycles. The van der Waals surface area contributed by atoms with E-state index >= 15 is 0 Å². The van der Waals surface area contributed by atoms with Crippen molar-refractivity contribution in [2.24, 2.45) is 5.92 Å². The SMILES string of the molecule is CSCCN1CC(C)(C)NCC1CC(C)C. The number of hydrogen-bond donors (Lipinski definition) is 1. The zero-order chi connectivity index (χ0) is 12.2. The minimum Gasteiger partial charge on any atom is -0.309 e. The van der Waals surface area contributed by atoms with E-state index in [1.807, 2.05) is 11.8 Å². The fraction of sp³-hybridized carbons (Fsp3) is 1.00. The molecule has 96 valence electrons. The molecule has 1 aliphatic heterocycles. The zero-order valence-electron chi connectivity index (χ0n) is 11.5. The van der Waals surface area contributed by atoms with E-state index in [0.29, 0.717) is 0 Å². The Morgan fingerprint density at radius 3 is 2.69 bits per heavy atom. The van der Waals surface area contributed by atoms with E-state index in [-0.39, 0.29) is 5.54 Å². The van der Waals surface area contributed by atoms with Gasteiger partial charge in [0.1, 0.15) is 0 Å². The Kier molecular flexibility index (Phi) is 5.62. The predicted molar refractivity (Wildman–Crippen MR) is 75.3 cm³/mol. The molecule has 1 rings (SSSR count). The lowest BCUT2D eigenvalue weighted by atomic mass is 9.94. The summed E-state index contributed by atoms with van der Waals surface area (Å²) in [5.41, 5.74) is 0.284. The number of hydrogen-bond acceptors (Lipinski definition) is 3. The van der Waals surface area contributed by atoms with Gasteiger partial charge in [-0.05, 0) is 32.4 Å². The summed E-state index contributed by atoms with van der Waals surface area (Å²) in [6.07, 6.45) is 3.52. The highest BCUT2D eigenvalue weighted by Gasteiger charge is 2.32. The monoisotopic (exact) mass is 244 g/mol. The number of rotatable bonds is 5. The standard InChI is InChI=1S/C13H28N2S/c1-11(2)8-12-9-14-13(3,4)10-15(12)6-7-16-5/h11-12,14H,6-10H2,1-5H3. The summed E-state index contributed by atoms with van der Waals surface area (Å²) in [5.74, 6) is 2.05. The largest absolute Gasteiger partial charge is 0.309 e. The lowest BCUT2D eigenvalue weighted by Crippen LogP contribution is -2.62. The van der Waals surface area contributed by atoms with E-state index in [2.05, 4.69) is 44.2 Å². The van der Waals surface area contributed by atoms with Crippen LogP contribution in [0.5, 0.6) is 0 Å². The van der Waals surface area contributed by atoms with Crippen LogP contribution in [0.15, 0.2) is 0 Å². The van der Waals surface area contributed by atoms with E-state index in [1.54, 1.807) is 0 Å². The molecule has 2 nitrogen and oxygen atoms in total. The van der Waals surface area contributed by atoms with Crippen LogP contribution in [0.4, 0.5) is 0 Å². The molecule has 1 atom stereocenters. The second-order valence-electron chi connectivity index (χ2n) is 6.01. The van der Waals surface area contributed by atoms with Gasteiger partial charge in [-0.1, -0.05) is 13.8 Å². The van der Waals surface area contributed by atoms with Crippen molar-refractivity contribution in [2.45, 2.75) is 45.7 Å². The van der Waals surface area contributed by atoms with Gasteiger partial charge < -0.3 is 5.32 Å². The summed E-state index contributed by atoms with van der Waals surface area (Å²) in [7, 11) is 0. The molecule has 1 N–H and O–H groups in total. The van der Waals surface area contributed by atoms with Gasteiger partial charge in [-0.2, -0.15) is 11.8 Å². The van der Waals surface area contributed by atoms with E-state index in [0.717, 1.165) is 18.5 Å². The third-order valence-corrected chi connectivity index (χ3v) is 3.85. The fourth-order valence-electron chi connectivity index (χ4n) is 2.46. The maximum absolute atomic E-state index is 3.67. The molecule has 0 bridgehead atoms. The molecule has 3 heteroatoms. The highest BCUT2D eigenvalue weighted by Crippen LogP contribution is 2.20. The summed E-state index contributed by atoms with van der Waals surface area (Å²) in [5, 5.41) is 3.67. The van der Waals surface area contributed by atoms with Crippen molar-refractivity contribution in [3.05, 3.63) is 0 Å². The van der Waals surface area contributed by atoms with E-state index in [4.69, 9.17) is 0 Å². The zero-order valence-corrected chi connectivity index (χ0v) is 12.4. The summed E-state index contributed by atoms with van der Waals surface area (Å²) in [4.78, 5) is 2.69. The lowest BCUT2D eigenvalue weighted by molar-refractivity contribution is 0.0892. The quantitative estimate of drug-likeness (QED) is 0.800. The van der Waals surface area contributed by atoms with Gasteiger partial charge in [0.25, 0.3) is 0 Å². The van der Waals surface area contributed by atoms with Crippen LogP contribution in [0.1, 0.15) is 34.1 Å². The van der Waals surface area contributed by atoms with E-state index in [1.165, 1.54) is 25.3 Å². The van der Waals surface area contributed by atoms with Gasteiger partial charge in [0, 0.05) is 37.0 Å². The van der Waals surface area contributed by atoms with Crippen LogP contribution in [-0.4, -0.2) is 48.1 Å². The number of nitrogens with one attached hydrogen (secondary N) is 1. The molecule has 1 aliphatic rings. The van der Waals surface area contributed by atoms with Crippen molar-refractivity contribution < 1.29 is 0 Å². The first-order chi connectivity index (χ1) is 7.44. The Bertz CT molecular complexity index is 204. The van der Waals surface area contributed by atoms with Gasteiger partial charge in [0.15, 0.2) is 0 Å². The number of piperazine rings is 1. The molecule has 0 spiro atoms. The van der Waals surface area contributed by atoms with Crippen LogP contribution in [-0.2, 0) is 0 Å². The summed E-state index contributed by atoms with van der Waals surface area (Å²) >= 11 is 1.95. The van der Waals surface area contributed by atoms with E-state index < -0.39 is 0 Å². The van der Waals surface area contributed by atoms with Gasteiger partial charge in [-0.3, -0.25) is 4.90 Å². The molecule has 0 aromatic rings. The first-order valence-corrected chi connectivity index (χ1v) is 7.82. The molecule has 1 saturated heterocycles. The van der Waals surface area contributed by atoms with Crippen molar-refractivity contribution in [3.8, 4) is 0 Å². The second-order valence-corrected chi connectivity index (χ2v) is 7.00. The maximum Gasteiger partial charge on any atom is 0.0252 e. The Labute approximate surface area is 106 Å². The van der Waals surface area contributed by atoms with Crippen LogP contribution >= 0.6 is 11.8 Å². The Balaban J connectivity index is 2.53. The number of thioether (sulfide) groups is 1. The first kappa shape index (κ1) is 14.3. The normalized spacial score (nSPS) is 26.2. The van der Waals surface area contributed by atoms with Crippen LogP contribution in [0.3, 0.4) is 0 Å². The average molecular weight is 244 g/mol. The van der Waals surface area contributed by atoms with Crippen LogP contribution in [0.2, 0.25) is 0 Å². The van der Waals surface area contributed by atoms with Crippen LogP contribution < -0.4 is 5.32 Å². The summed E-state index contributed by atoms with van der Waals surface area (Å²) in [6, 6.07) is 0.736. The molecule has 16 heavy (non-hydrogen) atoms. The van der Waals surface area contributed by atoms with Gasteiger partial charge >= 0.3 is 0 Å². The average Bonchev–Trinajstić information content (AvgIpc) is 2.17. The molecule has 0 aliphatic carbocycles. The molecule has 0 aromatic carbocycles. The van der Waals surface area contributed by atoms with Crippen molar-refractivity contribution >= 4 is 11.8 Å². The predicted octanol–water partition coefficient (Wildman–Crippen LogP) is 2.45. The van der Waals surface area contributed by atoms with Crippen molar-refractivity contribution in [1.82, 2.24) is 10.2 Å². The number of nitrogens with zero attached hydrogens (tertiary/aromatic N) is 1. The fourth-order valence-corrected chi connectivity index (χ4v) is 2.88. The summed E-state index contributed by atoms with van der Waals surface area (Å²) < 4.78 is 0. The Morgan fingerprint density at radius 1 is 1.44 bits per heavy atom. The first-order valence-electron chi connectivity index (χ1n) is 6.42.